The predicted molar refractivity (Wildman–Crippen MR) is 57.2 cm³/mol. The molecule has 0 amide bonds. The molecule has 15 heavy (non-hydrogen) atoms. The molecule has 0 unspecified atom stereocenters. The highest BCUT2D eigenvalue weighted by Crippen LogP contribution is 2.25. The molecule has 0 spiro atoms. The molecule has 0 saturated carbocycles. The average molecular weight is 292 g/mol. The second-order valence-electron chi connectivity index (χ2n) is 2.61. The molecule has 7 heteroatoms. The normalized spacial score (nSPS) is 10.3. The first-order valence-corrected chi connectivity index (χ1v) is 5.47. The van der Waals surface area contributed by atoms with Crippen molar-refractivity contribution in [1.29, 1.82) is 0 Å². The zero-order chi connectivity index (χ0) is 10.8. The maximum atomic E-state index is 13.2. The lowest BCUT2D eigenvalue weighted by atomic mass is 10.3. The topological polar surface area (TPSA) is 37.8 Å². The van der Waals surface area contributed by atoms with Crippen LogP contribution in [0, 0.1) is 11.6 Å². The van der Waals surface area contributed by atoms with Crippen molar-refractivity contribution in [2.45, 2.75) is 0 Å². The smallest absolute Gasteiger partial charge is 0.210 e. The molecule has 0 saturated heterocycles. The van der Waals surface area contributed by atoms with Crippen molar-refractivity contribution in [3.63, 3.8) is 0 Å². The fourth-order valence-corrected chi connectivity index (χ4v) is 1.99. The zero-order valence-electron chi connectivity index (χ0n) is 7.17. The van der Waals surface area contributed by atoms with Gasteiger partial charge in [-0.1, -0.05) is 11.3 Å². The number of halogens is 3. The molecule has 0 aliphatic rings. The standard InChI is InChI=1S/C8H4BrF2N3S/c9-7-13-14-8(15-7)12-6-2-1-4(10)3-5(6)11/h1-3H,(H,12,14). The van der Waals surface area contributed by atoms with Gasteiger partial charge in [-0.2, -0.15) is 0 Å². The Balaban J connectivity index is 2.24. The predicted octanol–water partition coefficient (Wildman–Crippen LogP) is 3.32. The molecule has 0 aliphatic carbocycles. The first kappa shape index (κ1) is 10.4. The number of hydrogen-bond acceptors (Lipinski definition) is 4. The van der Waals surface area contributed by atoms with Gasteiger partial charge in [-0.25, -0.2) is 8.78 Å². The molecule has 2 rings (SSSR count). The number of hydrogen-bond donors (Lipinski definition) is 1. The molecule has 3 nitrogen and oxygen atoms in total. The molecule has 0 aliphatic heterocycles. The highest BCUT2D eigenvalue weighted by Gasteiger charge is 2.06. The summed E-state index contributed by atoms with van der Waals surface area (Å²) in [6.45, 7) is 0. The van der Waals surface area contributed by atoms with Crippen LogP contribution in [0.3, 0.4) is 0 Å². The van der Waals surface area contributed by atoms with Gasteiger partial charge in [0, 0.05) is 6.07 Å². The number of nitrogens with one attached hydrogen (secondary N) is 1. The van der Waals surface area contributed by atoms with Crippen molar-refractivity contribution in [3.8, 4) is 0 Å². The van der Waals surface area contributed by atoms with Gasteiger partial charge >= 0.3 is 0 Å². The van der Waals surface area contributed by atoms with Gasteiger partial charge in [0.1, 0.15) is 11.6 Å². The minimum absolute atomic E-state index is 0.167. The van der Waals surface area contributed by atoms with Crippen LogP contribution in [0.4, 0.5) is 19.6 Å². The highest BCUT2D eigenvalue weighted by atomic mass is 79.9. The molecule has 1 N–H and O–H groups in total. The molecule has 78 valence electrons. The van der Waals surface area contributed by atoms with Crippen LogP contribution >= 0.6 is 27.3 Å². The summed E-state index contributed by atoms with van der Waals surface area (Å²) in [6, 6.07) is 3.28. The summed E-state index contributed by atoms with van der Waals surface area (Å²) in [5, 5.41) is 10.5. The van der Waals surface area contributed by atoms with Crippen LogP contribution in [-0.2, 0) is 0 Å². The van der Waals surface area contributed by atoms with Crippen molar-refractivity contribution in [3.05, 3.63) is 33.8 Å². The first-order chi connectivity index (χ1) is 7.15. The molecule has 1 heterocycles. The van der Waals surface area contributed by atoms with Crippen molar-refractivity contribution in [1.82, 2.24) is 10.2 Å². The Morgan fingerprint density at radius 3 is 2.67 bits per heavy atom. The van der Waals surface area contributed by atoms with Gasteiger partial charge in [-0.3, -0.25) is 0 Å². The van der Waals surface area contributed by atoms with Crippen molar-refractivity contribution >= 4 is 38.1 Å². The van der Waals surface area contributed by atoms with Crippen LogP contribution in [0.1, 0.15) is 0 Å². The Morgan fingerprint density at radius 1 is 1.27 bits per heavy atom. The van der Waals surface area contributed by atoms with E-state index in [2.05, 4.69) is 31.4 Å². The number of benzene rings is 1. The summed E-state index contributed by atoms with van der Waals surface area (Å²) in [5.41, 5.74) is 0.167. The molecule has 1 aromatic heterocycles. The lowest BCUT2D eigenvalue weighted by Crippen LogP contribution is -1.93. The summed E-state index contributed by atoms with van der Waals surface area (Å²) < 4.78 is 26.4. The number of aromatic nitrogens is 2. The van der Waals surface area contributed by atoms with Crippen LogP contribution in [0.2, 0.25) is 0 Å². The van der Waals surface area contributed by atoms with Crippen LogP contribution in [0.5, 0.6) is 0 Å². The van der Waals surface area contributed by atoms with E-state index in [0.29, 0.717) is 9.05 Å². The van der Waals surface area contributed by atoms with Crippen LogP contribution in [0.15, 0.2) is 22.1 Å². The lowest BCUT2D eigenvalue weighted by Gasteiger charge is -2.02. The van der Waals surface area contributed by atoms with Gasteiger partial charge in [0.15, 0.2) is 3.92 Å². The second kappa shape index (κ2) is 4.19. The van der Waals surface area contributed by atoms with Crippen molar-refractivity contribution in [2.75, 3.05) is 5.32 Å². The Bertz CT molecular complexity index is 488. The summed E-state index contributed by atoms with van der Waals surface area (Å²) >= 11 is 4.35. The van der Waals surface area contributed by atoms with Crippen molar-refractivity contribution < 1.29 is 8.78 Å². The minimum Gasteiger partial charge on any atom is -0.328 e. The summed E-state index contributed by atoms with van der Waals surface area (Å²) in [6.07, 6.45) is 0. The lowest BCUT2D eigenvalue weighted by molar-refractivity contribution is 0.586. The fourth-order valence-electron chi connectivity index (χ4n) is 0.962. The Hall–Kier alpha value is -1.08. The van der Waals surface area contributed by atoms with Gasteiger partial charge in [0.25, 0.3) is 0 Å². The van der Waals surface area contributed by atoms with E-state index >= 15 is 0 Å². The Kier molecular flexibility index (Phi) is 2.92. The van der Waals surface area contributed by atoms with Gasteiger partial charge in [0.2, 0.25) is 5.13 Å². The summed E-state index contributed by atoms with van der Waals surface area (Å²) in [7, 11) is 0. The Morgan fingerprint density at radius 2 is 2.07 bits per heavy atom. The van der Waals surface area contributed by atoms with Crippen molar-refractivity contribution in [2.24, 2.45) is 0 Å². The van der Waals surface area contributed by atoms with Crippen LogP contribution in [0.25, 0.3) is 0 Å². The molecule has 1 aromatic carbocycles. The third-order valence-electron chi connectivity index (χ3n) is 1.57. The number of rotatable bonds is 2. The molecular formula is C8H4BrF2N3S. The third kappa shape index (κ3) is 2.48. The van der Waals surface area contributed by atoms with Gasteiger partial charge in [-0.15, -0.1) is 10.2 Å². The zero-order valence-corrected chi connectivity index (χ0v) is 9.57. The largest absolute Gasteiger partial charge is 0.328 e. The molecule has 0 bridgehead atoms. The second-order valence-corrected chi connectivity index (χ2v) is 4.86. The molecule has 0 atom stereocenters. The quantitative estimate of drug-likeness (QED) is 0.922. The van der Waals surface area contributed by atoms with E-state index in [0.717, 1.165) is 6.07 Å². The van der Waals surface area contributed by atoms with E-state index in [1.807, 2.05) is 0 Å². The van der Waals surface area contributed by atoms with E-state index in [9.17, 15) is 8.78 Å². The van der Waals surface area contributed by atoms with Gasteiger partial charge < -0.3 is 5.32 Å². The number of anilines is 2. The van der Waals surface area contributed by atoms with Crippen LogP contribution < -0.4 is 5.32 Å². The third-order valence-corrected chi connectivity index (χ3v) is 2.84. The van der Waals surface area contributed by atoms with E-state index < -0.39 is 11.6 Å². The average Bonchev–Trinajstić information content (AvgIpc) is 2.56. The maximum Gasteiger partial charge on any atom is 0.210 e. The summed E-state index contributed by atoms with van der Waals surface area (Å²) in [4.78, 5) is 0. The van der Waals surface area contributed by atoms with Gasteiger partial charge in [-0.05, 0) is 28.1 Å². The van der Waals surface area contributed by atoms with E-state index in [1.54, 1.807) is 0 Å². The fraction of sp³-hybridized carbons (Fsp3) is 0. The van der Waals surface area contributed by atoms with E-state index in [4.69, 9.17) is 0 Å². The molecule has 0 radical (unpaired) electrons. The number of nitrogens with zero attached hydrogens (tertiary/aromatic N) is 2. The molecule has 0 fully saturated rings. The monoisotopic (exact) mass is 291 g/mol. The SMILES string of the molecule is Fc1ccc(Nc2nnc(Br)s2)c(F)c1. The highest BCUT2D eigenvalue weighted by molar-refractivity contribution is 9.11. The van der Waals surface area contributed by atoms with E-state index in [1.165, 1.54) is 23.5 Å². The molecular weight excluding hydrogens is 288 g/mol. The minimum atomic E-state index is -0.665. The molecule has 2 aromatic rings. The van der Waals surface area contributed by atoms with Crippen LogP contribution in [-0.4, -0.2) is 10.2 Å². The summed E-state index contributed by atoms with van der Waals surface area (Å²) in [5.74, 6) is -1.28. The maximum absolute atomic E-state index is 13.2. The van der Waals surface area contributed by atoms with E-state index in [-0.39, 0.29) is 5.69 Å². The Labute approximate surface area is 96.3 Å². The van der Waals surface area contributed by atoms with Gasteiger partial charge in [0.05, 0.1) is 5.69 Å². The first-order valence-electron chi connectivity index (χ1n) is 3.86.